The lowest BCUT2D eigenvalue weighted by atomic mass is 10.3. The van der Waals surface area contributed by atoms with Crippen LogP contribution in [0.5, 0.6) is 5.75 Å². The predicted molar refractivity (Wildman–Crippen MR) is 102 cm³/mol. The van der Waals surface area contributed by atoms with E-state index >= 15 is 0 Å². The number of aliphatic hydroxyl groups excluding tert-OH is 1. The average Bonchev–Trinajstić information content (AvgIpc) is 2.63. The Morgan fingerprint density at radius 2 is 1.29 bits per heavy atom. The van der Waals surface area contributed by atoms with Crippen LogP contribution >= 0.6 is 7.92 Å². The Hall–Kier alpha value is -2.15. The fourth-order valence-electron chi connectivity index (χ4n) is 2.56. The summed E-state index contributed by atoms with van der Waals surface area (Å²) in [6.45, 7) is 2.03. The molecule has 0 radical (unpaired) electrons. The molecule has 2 nitrogen and oxygen atoms in total. The van der Waals surface area contributed by atoms with Crippen LogP contribution in [0, 0.1) is 0 Å². The van der Waals surface area contributed by atoms with Crippen LogP contribution in [0.15, 0.2) is 84.9 Å². The van der Waals surface area contributed by atoms with Crippen molar-refractivity contribution in [2.75, 3.05) is 6.61 Å². The van der Waals surface area contributed by atoms with Crippen LogP contribution < -0.4 is 20.7 Å². The monoisotopic (exact) mass is 336 g/mol. The molecule has 0 aliphatic rings. The minimum absolute atomic E-state index is 0.295. The second-order valence-corrected chi connectivity index (χ2v) is 7.82. The molecule has 1 N–H and O–H groups in total. The van der Waals surface area contributed by atoms with Gasteiger partial charge in [-0.2, -0.15) is 0 Å². The van der Waals surface area contributed by atoms with Gasteiger partial charge in [0.25, 0.3) is 0 Å². The van der Waals surface area contributed by atoms with Crippen molar-refractivity contribution in [1.29, 1.82) is 0 Å². The van der Waals surface area contributed by atoms with E-state index in [1.807, 2.05) is 30.3 Å². The zero-order valence-corrected chi connectivity index (χ0v) is 14.6. The van der Waals surface area contributed by atoms with Gasteiger partial charge in [-0.1, -0.05) is 78.9 Å². The van der Waals surface area contributed by atoms with Crippen LogP contribution in [-0.4, -0.2) is 17.8 Å². The molecule has 0 bridgehead atoms. The number of para-hydroxylation sites is 1. The van der Waals surface area contributed by atoms with E-state index in [9.17, 15) is 5.11 Å². The van der Waals surface area contributed by atoms with Gasteiger partial charge in [0, 0.05) is 5.30 Å². The molecular weight excluding hydrogens is 315 g/mol. The molecule has 3 rings (SSSR count). The molecule has 0 saturated heterocycles. The zero-order valence-electron chi connectivity index (χ0n) is 13.7. The van der Waals surface area contributed by atoms with E-state index in [1.165, 1.54) is 15.9 Å². The quantitative estimate of drug-likeness (QED) is 0.701. The summed E-state index contributed by atoms with van der Waals surface area (Å²) in [4.78, 5) is 0. The molecule has 0 aliphatic carbocycles. The third-order valence-corrected chi connectivity index (χ3v) is 6.10. The third-order valence-electron chi connectivity index (χ3n) is 3.61. The number of aliphatic hydroxyl groups is 1. The third kappa shape index (κ3) is 4.03. The van der Waals surface area contributed by atoms with E-state index in [4.69, 9.17) is 4.74 Å². The molecule has 3 aromatic carbocycles. The van der Waals surface area contributed by atoms with Gasteiger partial charge in [0.05, 0.1) is 6.10 Å². The molecule has 0 aromatic heterocycles. The van der Waals surface area contributed by atoms with Gasteiger partial charge >= 0.3 is 0 Å². The summed E-state index contributed by atoms with van der Waals surface area (Å²) in [6.07, 6.45) is -0.488. The van der Waals surface area contributed by atoms with Crippen LogP contribution in [0.4, 0.5) is 0 Å². The van der Waals surface area contributed by atoms with Crippen molar-refractivity contribution >= 4 is 23.8 Å². The van der Waals surface area contributed by atoms with Crippen molar-refractivity contribution in [3.63, 3.8) is 0 Å². The Kier molecular flexibility index (Phi) is 5.63. The van der Waals surface area contributed by atoms with Gasteiger partial charge in [-0.15, -0.1) is 0 Å². The standard InChI is InChI=1S/C21H21O2P/c1-17(22)16-23-20-14-8-9-15-21(20)24(18-10-4-2-5-11-18)19-12-6-3-7-13-19/h2-15,17,22H,16H2,1H3/t17-/m0/s1. The Balaban J connectivity index is 2.07. The molecular formula is C21H21O2P. The normalized spacial score (nSPS) is 12.1. The van der Waals surface area contributed by atoms with Crippen LogP contribution in [-0.2, 0) is 0 Å². The molecule has 0 amide bonds. The number of rotatable bonds is 6. The minimum atomic E-state index is -0.704. The van der Waals surface area contributed by atoms with Gasteiger partial charge in [0.15, 0.2) is 0 Å². The number of ether oxygens (including phenoxy) is 1. The first kappa shape index (κ1) is 16.7. The molecule has 0 unspecified atom stereocenters. The summed E-state index contributed by atoms with van der Waals surface area (Å²) in [6, 6.07) is 29.2. The number of benzene rings is 3. The molecule has 0 heterocycles. The Morgan fingerprint density at radius 1 is 0.792 bits per heavy atom. The van der Waals surface area contributed by atoms with Crippen molar-refractivity contribution < 1.29 is 9.84 Å². The molecule has 1 atom stereocenters. The highest BCUT2D eigenvalue weighted by atomic mass is 31.1. The molecule has 0 spiro atoms. The van der Waals surface area contributed by atoms with Gasteiger partial charge in [0.1, 0.15) is 12.4 Å². The molecule has 0 fully saturated rings. The van der Waals surface area contributed by atoms with Gasteiger partial charge < -0.3 is 9.84 Å². The fraction of sp³-hybridized carbons (Fsp3) is 0.143. The zero-order chi connectivity index (χ0) is 16.8. The second kappa shape index (κ2) is 8.10. The van der Waals surface area contributed by atoms with Gasteiger partial charge in [0.2, 0.25) is 0 Å². The maximum atomic E-state index is 9.56. The fourth-order valence-corrected chi connectivity index (χ4v) is 4.95. The summed E-state index contributed by atoms with van der Waals surface area (Å²) in [5.74, 6) is 0.845. The first-order valence-electron chi connectivity index (χ1n) is 8.06. The Morgan fingerprint density at radius 3 is 1.83 bits per heavy atom. The predicted octanol–water partition coefficient (Wildman–Crippen LogP) is 3.20. The first-order valence-corrected chi connectivity index (χ1v) is 9.40. The maximum absolute atomic E-state index is 9.56. The largest absolute Gasteiger partial charge is 0.490 e. The second-order valence-electron chi connectivity index (χ2n) is 5.63. The maximum Gasteiger partial charge on any atom is 0.127 e. The smallest absolute Gasteiger partial charge is 0.127 e. The lowest BCUT2D eigenvalue weighted by molar-refractivity contribution is 0.123. The molecule has 0 aliphatic heterocycles. The molecule has 3 heteroatoms. The van der Waals surface area contributed by atoms with E-state index in [2.05, 4.69) is 54.6 Å². The number of hydrogen-bond donors (Lipinski definition) is 1. The van der Waals surface area contributed by atoms with E-state index in [0.29, 0.717) is 6.61 Å². The summed E-state index contributed by atoms with van der Waals surface area (Å²) in [5.41, 5.74) is 0. The van der Waals surface area contributed by atoms with Crippen molar-refractivity contribution in [1.82, 2.24) is 0 Å². The van der Waals surface area contributed by atoms with E-state index in [-0.39, 0.29) is 0 Å². The van der Waals surface area contributed by atoms with Crippen LogP contribution in [0.1, 0.15) is 6.92 Å². The average molecular weight is 336 g/mol. The van der Waals surface area contributed by atoms with Crippen LogP contribution in [0.2, 0.25) is 0 Å². The number of hydrogen-bond acceptors (Lipinski definition) is 2. The summed E-state index contributed by atoms with van der Waals surface area (Å²) < 4.78 is 5.89. The highest BCUT2D eigenvalue weighted by molar-refractivity contribution is 7.80. The van der Waals surface area contributed by atoms with E-state index in [0.717, 1.165) is 5.75 Å². The topological polar surface area (TPSA) is 29.5 Å². The van der Waals surface area contributed by atoms with E-state index < -0.39 is 14.0 Å². The van der Waals surface area contributed by atoms with Crippen molar-refractivity contribution in [3.8, 4) is 5.75 Å². The Bertz CT molecular complexity index is 718. The highest BCUT2D eigenvalue weighted by Crippen LogP contribution is 2.36. The SMILES string of the molecule is C[C@H](O)COc1ccccc1P(c1ccccc1)c1ccccc1. The van der Waals surface area contributed by atoms with Gasteiger partial charge in [-0.3, -0.25) is 0 Å². The molecule has 0 saturated carbocycles. The highest BCUT2D eigenvalue weighted by Gasteiger charge is 2.20. The van der Waals surface area contributed by atoms with Gasteiger partial charge in [-0.05, 0) is 31.5 Å². The Labute approximate surface area is 144 Å². The summed E-state index contributed by atoms with van der Waals surface area (Å²) in [7, 11) is -0.704. The van der Waals surface area contributed by atoms with Crippen LogP contribution in [0.3, 0.4) is 0 Å². The van der Waals surface area contributed by atoms with E-state index in [1.54, 1.807) is 6.92 Å². The van der Waals surface area contributed by atoms with Crippen molar-refractivity contribution in [3.05, 3.63) is 84.9 Å². The molecule has 122 valence electrons. The van der Waals surface area contributed by atoms with Crippen molar-refractivity contribution in [2.24, 2.45) is 0 Å². The minimum Gasteiger partial charge on any atom is -0.490 e. The van der Waals surface area contributed by atoms with Crippen molar-refractivity contribution in [2.45, 2.75) is 13.0 Å². The summed E-state index contributed by atoms with van der Waals surface area (Å²) >= 11 is 0. The van der Waals surface area contributed by atoms with Gasteiger partial charge in [-0.25, -0.2) is 0 Å². The van der Waals surface area contributed by atoms with Crippen LogP contribution in [0.25, 0.3) is 0 Å². The molecule has 24 heavy (non-hydrogen) atoms. The summed E-state index contributed by atoms with van der Waals surface area (Å²) in [5, 5.41) is 13.3. The molecule has 3 aromatic rings. The lowest BCUT2D eigenvalue weighted by Gasteiger charge is -2.22. The first-order chi connectivity index (χ1) is 11.8. The lowest BCUT2D eigenvalue weighted by Crippen LogP contribution is -2.23.